The van der Waals surface area contributed by atoms with Gasteiger partial charge in [0, 0.05) is 63.9 Å². The van der Waals surface area contributed by atoms with E-state index in [2.05, 4.69) is 195 Å². The average Bonchev–Trinajstić information content (AvgIpc) is 4.07. The maximum atomic E-state index is 9.19. The number of halogens is 2. The van der Waals surface area contributed by atoms with E-state index in [1.54, 1.807) is 0 Å². The number of alkyl halides is 2. The van der Waals surface area contributed by atoms with Gasteiger partial charge in [-0.25, -0.2) is 16.8 Å². The van der Waals surface area contributed by atoms with Gasteiger partial charge in [0.1, 0.15) is 0 Å². The van der Waals surface area contributed by atoms with E-state index in [-0.39, 0.29) is 29.6 Å². The van der Waals surface area contributed by atoms with E-state index in [0.717, 1.165) is 10.7 Å². The van der Waals surface area contributed by atoms with Crippen LogP contribution >= 0.6 is 77.6 Å². The number of hydrogen-bond acceptors (Lipinski definition) is 12. The van der Waals surface area contributed by atoms with Crippen molar-refractivity contribution in [1.29, 1.82) is 0 Å². The van der Waals surface area contributed by atoms with Crippen LogP contribution in [0.4, 0.5) is 0 Å². The van der Waals surface area contributed by atoms with Crippen molar-refractivity contribution in [2.45, 2.75) is 91.4 Å². The topological polar surface area (TPSA) is 169 Å². The zero-order chi connectivity index (χ0) is 54.5. The summed E-state index contributed by atoms with van der Waals surface area (Å²) < 4.78 is 80.3. The third-order valence-electron chi connectivity index (χ3n) is 9.02. The van der Waals surface area contributed by atoms with E-state index in [1.165, 1.54) is 95.3 Å². The molecule has 5 aromatic carbocycles. The zero-order valence-electron chi connectivity index (χ0n) is 43.7. The van der Waals surface area contributed by atoms with Crippen molar-refractivity contribution >= 4 is 140 Å². The van der Waals surface area contributed by atoms with Gasteiger partial charge in [0.25, 0.3) is 10.1 Å². The minimum atomic E-state index is -3.92. The Hall–Kier alpha value is -1.98. The van der Waals surface area contributed by atoms with E-state index < -0.39 is 30.4 Å². The van der Waals surface area contributed by atoms with Crippen LogP contribution in [-0.4, -0.2) is 57.7 Å². The Morgan fingerprint density at radius 3 is 0.778 bits per heavy atom. The Kier molecular flexibility index (Phi) is 37.8. The molecule has 0 saturated carbocycles. The van der Waals surface area contributed by atoms with Gasteiger partial charge in [-0.15, -0.1) is 34.0 Å². The van der Waals surface area contributed by atoms with Crippen molar-refractivity contribution in [2.75, 3.05) is 18.8 Å². The van der Waals surface area contributed by atoms with E-state index in [9.17, 15) is 8.42 Å². The summed E-state index contributed by atoms with van der Waals surface area (Å²) in [5.41, 5.74) is 5.78. The molecule has 0 saturated heterocycles. The Morgan fingerprint density at radius 1 is 0.431 bits per heavy atom. The van der Waals surface area contributed by atoms with E-state index >= 15 is 0 Å². The molecule has 4 heterocycles. The maximum absolute atomic E-state index is 9.19. The third-order valence-corrected chi connectivity index (χ3v) is 14.4. The van der Waals surface area contributed by atoms with Crippen LogP contribution in [-0.2, 0) is 52.5 Å². The van der Waals surface area contributed by atoms with Crippen molar-refractivity contribution in [3.63, 3.8) is 0 Å². The number of thioether (sulfide) groups is 1. The van der Waals surface area contributed by atoms with Gasteiger partial charge in [-0.3, -0.25) is 4.55 Å². The molecule has 1 aliphatic rings. The molecular formula is C53H68Br2NaO9S7-. The second-order valence-electron chi connectivity index (χ2n) is 14.7. The molecule has 19 heteroatoms. The first kappa shape index (κ1) is 72.1. The van der Waals surface area contributed by atoms with Crippen LogP contribution in [0.3, 0.4) is 0 Å². The molecule has 9 rings (SSSR count). The first-order valence-corrected chi connectivity index (χ1v) is 33.5. The summed E-state index contributed by atoms with van der Waals surface area (Å²) in [5.74, 6) is 2.44. The maximum Gasteiger partial charge on any atom is 1.00 e. The van der Waals surface area contributed by atoms with E-state index in [1.807, 2.05) is 73.5 Å². The monoisotopic (exact) mass is 1250 g/mol. The summed E-state index contributed by atoms with van der Waals surface area (Å²) >= 11 is 14.5. The molecule has 0 radical (unpaired) electrons. The van der Waals surface area contributed by atoms with Gasteiger partial charge in [-0.2, -0.15) is 20.2 Å². The molecule has 1 aliphatic heterocycles. The van der Waals surface area contributed by atoms with Crippen molar-refractivity contribution in [3.05, 3.63) is 173 Å². The molecule has 0 atom stereocenters. The molecule has 0 bridgehead atoms. The third kappa shape index (κ3) is 31.2. The predicted molar refractivity (Wildman–Crippen MR) is 318 cm³/mol. The standard InChI is InChI=1S/3C10H10S.C8H8Br2.C8H8S.2C2H6.3CH4O3S.Na/c3*1-7-9-5-3-4-6-10(9)8(2)11-7;9-5-7-3-1-2-4-8(7)6-10;1-2-4-8-6-9-5-7(8)3-1;2*1-2;3*1-5(2,3)4;/h3*3-6H,1-2H3;1-4H,5-6H2;1-4H,5-6H2;2*1-2H3;3*1H3,(H,2,3,4);/q;;;;;;;;;;+1/p-2. The second kappa shape index (κ2) is 37.7. The Morgan fingerprint density at radius 2 is 0.597 bits per heavy atom. The quantitative estimate of drug-likeness (QED) is 0.0999. The molecule has 8 aromatic rings. The van der Waals surface area contributed by atoms with Crippen LogP contribution in [0.5, 0.6) is 0 Å². The van der Waals surface area contributed by atoms with E-state index in [0.29, 0.717) is 18.8 Å². The smallest absolute Gasteiger partial charge is 0.748 e. The van der Waals surface area contributed by atoms with Crippen LogP contribution in [0.25, 0.3) is 32.3 Å². The summed E-state index contributed by atoms with van der Waals surface area (Å²) in [6.07, 6.45) is 1.92. The Balaban J connectivity index is 0. The van der Waals surface area contributed by atoms with Gasteiger partial charge in [0.05, 0.1) is 26.5 Å². The van der Waals surface area contributed by atoms with Crippen LogP contribution in [0.15, 0.2) is 121 Å². The molecule has 72 heavy (non-hydrogen) atoms. The minimum absolute atomic E-state index is 0. The summed E-state index contributed by atoms with van der Waals surface area (Å²) in [6, 6.07) is 42.8. The second-order valence-corrected chi connectivity index (χ2v) is 25.4. The first-order chi connectivity index (χ1) is 33.2. The number of aryl methyl sites for hydroxylation is 6. The Labute approximate surface area is 486 Å². The summed E-state index contributed by atoms with van der Waals surface area (Å²) in [4.78, 5) is 8.57. The Bertz CT molecular complexity index is 2700. The fourth-order valence-corrected chi connectivity index (χ4v) is 11.5. The molecule has 392 valence electrons. The zero-order valence-corrected chi connectivity index (χ0v) is 54.6. The molecule has 0 fully saturated rings. The van der Waals surface area contributed by atoms with Crippen molar-refractivity contribution in [1.82, 2.24) is 0 Å². The molecule has 9 nitrogen and oxygen atoms in total. The molecule has 0 spiro atoms. The SMILES string of the molecule is BrCc1ccccc1CBr.CC.CC.CS(=O)(=O)O.CS(=O)(=O)[O-].CS(=O)(=O)[O-].Cc1sc(C)c2ccccc12.Cc1sc(C)c2ccccc12.Cc1sc(C)c2ccccc12.[Na+].c1ccc2c(c1)CSC2. The average molecular weight is 1260 g/mol. The molecule has 3 aromatic heterocycles. The molecule has 0 aliphatic carbocycles. The van der Waals surface area contributed by atoms with E-state index in [4.69, 9.17) is 30.5 Å². The first-order valence-electron chi connectivity index (χ1n) is 22.1. The van der Waals surface area contributed by atoms with Crippen LogP contribution in [0.1, 0.15) is 79.2 Å². The fraction of sp³-hybridized carbons (Fsp3) is 0.321. The minimum Gasteiger partial charge on any atom is -0.748 e. The molecule has 0 amide bonds. The van der Waals surface area contributed by atoms with Crippen LogP contribution in [0, 0.1) is 41.5 Å². The van der Waals surface area contributed by atoms with Gasteiger partial charge in [-0.05, 0) is 96.1 Å². The van der Waals surface area contributed by atoms with Crippen molar-refractivity contribution in [2.24, 2.45) is 0 Å². The van der Waals surface area contributed by atoms with Crippen molar-refractivity contribution < 1.29 is 68.5 Å². The summed E-state index contributed by atoms with van der Waals surface area (Å²) in [7, 11) is -11.5. The van der Waals surface area contributed by atoms with Crippen LogP contribution in [0.2, 0.25) is 0 Å². The number of hydrogen-bond donors (Lipinski definition) is 1. The molecule has 1 N–H and O–H groups in total. The fourth-order valence-electron chi connectivity index (χ4n) is 6.24. The van der Waals surface area contributed by atoms with Gasteiger partial charge in [0.15, 0.2) is 0 Å². The number of fused-ring (bicyclic) bond motifs is 4. The number of thiophene rings is 3. The van der Waals surface area contributed by atoms with Gasteiger partial charge < -0.3 is 9.11 Å². The summed E-state index contributed by atoms with van der Waals surface area (Å²) in [6.45, 7) is 21.1. The molecular weight excluding hydrogens is 1190 g/mol. The molecule has 0 unspecified atom stereocenters. The normalized spacial score (nSPS) is 10.8. The number of rotatable bonds is 2. The summed E-state index contributed by atoms with van der Waals surface area (Å²) in [5, 5.41) is 10.4. The van der Waals surface area contributed by atoms with Gasteiger partial charge >= 0.3 is 29.6 Å². The number of benzene rings is 5. The largest absolute Gasteiger partial charge is 1.00 e. The van der Waals surface area contributed by atoms with Gasteiger partial charge in [-0.1, -0.05) is 181 Å². The van der Waals surface area contributed by atoms with Crippen molar-refractivity contribution in [3.8, 4) is 0 Å². The van der Waals surface area contributed by atoms with Crippen LogP contribution < -0.4 is 29.6 Å². The van der Waals surface area contributed by atoms with Gasteiger partial charge in [0.2, 0.25) is 0 Å². The predicted octanol–water partition coefficient (Wildman–Crippen LogP) is 13.3.